The summed E-state index contributed by atoms with van der Waals surface area (Å²) < 4.78 is 5.89. The predicted octanol–water partition coefficient (Wildman–Crippen LogP) is 4.10. The number of carbonyl (C=O) groups excluding carboxylic acids is 2. The number of carbonyl (C=O) groups is 2. The molecule has 0 aromatic heterocycles. The number of aliphatic hydroxyl groups is 1. The summed E-state index contributed by atoms with van der Waals surface area (Å²) in [5, 5.41) is 10.3. The molecule has 0 radical (unpaired) electrons. The number of aliphatic hydroxyl groups excluding tert-OH is 1. The van der Waals surface area contributed by atoms with Crippen LogP contribution >= 0.6 is 0 Å². The van der Waals surface area contributed by atoms with Gasteiger partial charge in [-0.1, -0.05) is 25.0 Å². The molecule has 2 rings (SSSR count). The zero-order valence-corrected chi connectivity index (χ0v) is 14.2. The third-order valence-corrected chi connectivity index (χ3v) is 4.02. The fourth-order valence-corrected chi connectivity index (χ4v) is 2.86. The Hall–Kier alpha value is -2.10. The van der Waals surface area contributed by atoms with E-state index in [0.29, 0.717) is 18.4 Å². The standard InChI is InChI=1S/C19H24O4/c1-5-7-13-10-14(20)16-15(21)11-19(4,9-6-8-12(2)3)23-18(16)17(13)22/h8,10-11,21H,5-7,9H2,1-4H3. The lowest BCUT2D eigenvalue weighted by Gasteiger charge is -2.34. The van der Waals surface area contributed by atoms with Crippen molar-refractivity contribution in [3.63, 3.8) is 0 Å². The van der Waals surface area contributed by atoms with Crippen molar-refractivity contribution in [3.8, 4) is 0 Å². The minimum atomic E-state index is -0.792. The SMILES string of the molecule is CCCC1=CC(=O)C2=C(OC(C)(CCC=C(C)C)C=C2O)C1=O. The molecular weight excluding hydrogens is 292 g/mol. The number of allylic oxidation sites excluding steroid dienone is 5. The molecule has 4 nitrogen and oxygen atoms in total. The van der Waals surface area contributed by atoms with Crippen LogP contribution in [0.25, 0.3) is 0 Å². The summed E-state index contributed by atoms with van der Waals surface area (Å²) in [6.45, 7) is 7.80. The van der Waals surface area contributed by atoms with Crippen molar-refractivity contribution in [2.24, 2.45) is 0 Å². The summed E-state index contributed by atoms with van der Waals surface area (Å²) in [4.78, 5) is 24.8. The molecule has 1 atom stereocenters. The summed E-state index contributed by atoms with van der Waals surface area (Å²) in [6, 6.07) is 0. The lowest BCUT2D eigenvalue weighted by Crippen LogP contribution is -2.36. The Morgan fingerprint density at radius 3 is 2.65 bits per heavy atom. The fourth-order valence-electron chi connectivity index (χ4n) is 2.86. The highest BCUT2D eigenvalue weighted by atomic mass is 16.5. The minimum Gasteiger partial charge on any atom is -0.507 e. The highest BCUT2D eigenvalue weighted by Crippen LogP contribution is 2.37. The Morgan fingerprint density at radius 1 is 1.35 bits per heavy atom. The van der Waals surface area contributed by atoms with Crippen LogP contribution in [0.3, 0.4) is 0 Å². The second kappa shape index (κ2) is 6.57. The van der Waals surface area contributed by atoms with E-state index in [1.54, 1.807) is 0 Å². The summed E-state index contributed by atoms with van der Waals surface area (Å²) >= 11 is 0. The maximum Gasteiger partial charge on any atom is 0.224 e. The Kier molecular flexibility index (Phi) is 4.93. The molecule has 0 aromatic carbocycles. The molecule has 23 heavy (non-hydrogen) atoms. The van der Waals surface area contributed by atoms with Crippen LogP contribution in [0.15, 0.2) is 46.5 Å². The first-order chi connectivity index (χ1) is 10.8. The quantitative estimate of drug-likeness (QED) is 0.613. The van der Waals surface area contributed by atoms with Crippen LogP contribution in [0.2, 0.25) is 0 Å². The summed E-state index contributed by atoms with van der Waals surface area (Å²) in [6.07, 6.45) is 7.63. The molecule has 0 amide bonds. The summed E-state index contributed by atoms with van der Waals surface area (Å²) in [7, 11) is 0. The van der Waals surface area contributed by atoms with Crippen molar-refractivity contribution in [2.75, 3.05) is 0 Å². The Morgan fingerprint density at radius 2 is 2.04 bits per heavy atom. The van der Waals surface area contributed by atoms with Gasteiger partial charge in [0.2, 0.25) is 5.78 Å². The van der Waals surface area contributed by atoms with Crippen molar-refractivity contribution in [1.29, 1.82) is 0 Å². The van der Waals surface area contributed by atoms with Gasteiger partial charge in [0, 0.05) is 11.6 Å². The van der Waals surface area contributed by atoms with Crippen LogP contribution in [0.5, 0.6) is 0 Å². The number of hydrogen-bond donors (Lipinski definition) is 1. The number of Topliss-reactive ketones (excluding diaryl/α,β-unsaturated/α-hetero) is 1. The molecule has 0 saturated heterocycles. The van der Waals surface area contributed by atoms with Crippen LogP contribution in [0.1, 0.15) is 53.4 Å². The topological polar surface area (TPSA) is 63.6 Å². The van der Waals surface area contributed by atoms with Gasteiger partial charge in [0.15, 0.2) is 11.5 Å². The lowest BCUT2D eigenvalue weighted by molar-refractivity contribution is -0.121. The third kappa shape index (κ3) is 3.63. The maximum absolute atomic E-state index is 12.6. The molecule has 0 bridgehead atoms. The van der Waals surface area contributed by atoms with Gasteiger partial charge in [0.1, 0.15) is 16.9 Å². The molecule has 1 N–H and O–H groups in total. The predicted molar refractivity (Wildman–Crippen MR) is 88.9 cm³/mol. The lowest BCUT2D eigenvalue weighted by atomic mass is 9.86. The van der Waals surface area contributed by atoms with Gasteiger partial charge in [0.05, 0.1) is 0 Å². The van der Waals surface area contributed by atoms with Gasteiger partial charge < -0.3 is 9.84 Å². The molecule has 4 heteroatoms. The molecule has 0 spiro atoms. The molecule has 124 valence electrons. The summed E-state index contributed by atoms with van der Waals surface area (Å²) in [5.41, 5.74) is 0.862. The van der Waals surface area contributed by atoms with Gasteiger partial charge in [-0.15, -0.1) is 0 Å². The normalized spacial score (nSPS) is 23.8. The van der Waals surface area contributed by atoms with Crippen LogP contribution in [0.4, 0.5) is 0 Å². The second-order valence-corrected chi connectivity index (χ2v) is 6.58. The molecule has 1 aliphatic heterocycles. The van der Waals surface area contributed by atoms with E-state index in [2.05, 4.69) is 6.08 Å². The fraction of sp³-hybridized carbons (Fsp3) is 0.474. The van der Waals surface area contributed by atoms with Crippen molar-refractivity contribution >= 4 is 11.6 Å². The summed E-state index contributed by atoms with van der Waals surface area (Å²) in [5.74, 6) is -0.797. The van der Waals surface area contributed by atoms with Gasteiger partial charge in [-0.25, -0.2) is 0 Å². The number of ketones is 2. The van der Waals surface area contributed by atoms with Gasteiger partial charge in [-0.3, -0.25) is 9.59 Å². The number of hydrogen-bond acceptors (Lipinski definition) is 4. The van der Waals surface area contributed by atoms with E-state index in [1.165, 1.54) is 17.7 Å². The van der Waals surface area contributed by atoms with Crippen molar-refractivity contribution < 1.29 is 19.4 Å². The molecule has 0 aromatic rings. The van der Waals surface area contributed by atoms with Gasteiger partial charge in [-0.05, 0) is 46.1 Å². The van der Waals surface area contributed by atoms with E-state index in [1.807, 2.05) is 27.7 Å². The van der Waals surface area contributed by atoms with E-state index in [4.69, 9.17) is 4.74 Å². The third-order valence-electron chi connectivity index (χ3n) is 4.02. The highest BCUT2D eigenvalue weighted by Gasteiger charge is 2.40. The van der Waals surface area contributed by atoms with Gasteiger partial charge >= 0.3 is 0 Å². The first-order valence-electron chi connectivity index (χ1n) is 8.06. The van der Waals surface area contributed by atoms with E-state index in [0.717, 1.165) is 12.8 Å². The smallest absolute Gasteiger partial charge is 0.224 e. The number of ether oxygens (including phenoxy) is 1. The molecule has 1 aliphatic carbocycles. The van der Waals surface area contributed by atoms with Gasteiger partial charge in [0.25, 0.3) is 0 Å². The van der Waals surface area contributed by atoms with E-state index in [-0.39, 0.29) is 28.7 Å². The van der Waals surface area contributed by atoms with Crippen molar-refractivity contribution in [1.82, 2.24) is 0 Å². The molecule has 0 fully saturated rings. The zero-order valence-electron chi connectivity index (χ0n) is 14.2. The van der Waals surface area contributed by atoms with Crippen molar-refractivity contribution in [3.05, 3.63) is 46.5 Å². The molecule has 2 aliphatic rings. The van der Waals surface area contributed by atoms with Crippen LogP contribution < -0.4 is 0 Å². The molecule has 1 unspecified atom stereocenters. The monoisotopic (exact) mass is 316 g/mol. The highest BCUT2D eigenvalue weighted by molar-refractivity contribution is 6.23. The average molecular weight is 316 g/mol. The van der Waals surface area contributed by atoms with Gasteiger partial charge in [-0.2, -0.15) is 0 Å². The first-order valence-corrected chi connectivity index (χ1v) is 8.06. The van der Waals surface area contributed by atoms with Crippen LogP contribution in [-0.2, 0) is 14.3 Å². The van der Waals surface area contributed by atoms with E-state index in [9.17, 15) is 14.7 Å². The zero-order chi connectivity index (χ0) is 17.2. The largest absolute Gasteiger partial charge is 0.507 e. The van der Waals surface area contributed by atoms with Crippen LogP contribution in [0, 0.1) is 0 Å². The minimum absolute atomic E-state index is 0.000602. The van der Waals surface area contributed by atoms with E-state index < -0.39 is 5.60 Å². The van der Waals surface area contributed by atoms with E-state index >= 15 is 0 Å². The maximum atomic E-state index is 12.6. The second-order valence-electron chi connectivity index (χ2n) is 6.58. The Labute approximate surface area is 137 Å². The Bertz CT molecular complexity index is 657. The Balaban J connectivity index is 2.29. The van der Waals surface area contributed by atoms with Crippen LogP contribution in [-0.4, -0.2) is 22.3 Å². The average Bonchev–Trinajstić information content (AvgIpc) is 2.43. The first kappa shape index (κ1) is 17.3. The molecule has 1 heterocycles. The van der Waals surface area contributed by atoms with Crippen molar-refractivity contribution in [2.45, 2.75) is 59.0 Å². The number of rotatable bonds is 5. The molecular formula is C19H24O4. The molecule has 0 saturated carbocycles.